The van der Waals surface area contributed by atoms with Crippen molar-refractivity contribution >= 4 is 0 Å². The highest BCUT2D eigenvalue weighted by Crippen LogP contribution is 2.15. The molecular weight excluding hydrogens is 210 g/mol. The summed E-state index contributed by atoms with van der Waals surface area (Å²) in [4.78, 5) is 2.50. The van der Waals surface area contributed by atoms with Gasteiger partial charge in [-0.1, -0.05) is 39.0 Å². The molecule has 0 saturated carbocycles. The van der Waals surface area contributed by atoms with Crippen molar-refractivity contribution in [3.8, 4) is 0 Å². The SMILES string of the molecule is CCCCCCCCN(CCCO)C(C)(C)C. The number of aliphatic hydroxyl groups excluding tert-OH is 1. The zero-order valence-electron chi connectivity index (χ0n) is 12.5. The van der Waals surface area contributed by atoms with E-state index in [1.54, 1.807) is 0 Å². The number of aliphatic hydroxyl groups is 1. The van der Waals surface area contributed by atoms with Crippen molar-refractivity contribution in [2.24, 2.45) is 0 Å². The predicted octanol–water partition coefficient (Wildman–Crippen LogP) is 3.83. The van der Waals surface area contributed by atoms with Crippen LogP contribution in [0.5, 0.6) is 0 Å². The van der Waals surface area contributed by atoms with Crippen LogP contribution in [0.25, 0.3) is 0 Å². The minimum Gasteiger partial charge on any atom is -0.396 e. The van der Waals surface area contributed by atoms with Gasteiger partial charge in [0.2, 0.25) is 0 Å². The van der Waals surface area contributed by atoms with Gasteiger partial charge in [0, 0.05) is 18.7 Å². The van der Waals surface area contributed by atoms with E-state index >= 15 is 0 Å². The Hall–Kier alpha value is -0.0800. The first-order chi connectivity index (χ1) is 8.02. The molecule has 0 radical (unpaired) electrons. The van der Waals surface area contributed by atoms with Gasteiger partial charge in [-0.2, -0.15) is 0 Å². The Bertz CT molecular complexity index is 163. The number of hydrogen-bond donors (Lipinski definition) is 1. The third-order valence-electron chi connectivity index (χ3n) is 3.32. The summed E-state index contributed by atoms with van der Waals surface area (Å²) >= 11 is 0. The molecule has 0 unspecified atom stereocenters. The fraction of sp³-hybridized carbons (Fsp3) is 1.00. The molecule has 0 aromatic rings. The first kappa shape index (κ1) is 16.9. The quantitative estimate of drug-likeness (QED) is 0.589. The van der Waals surface area contributed by atoms with Crippen LogP contribution in [0.15, 0.2) is 0 Å². The second kappa shape index (κ2) is 9.90. The van der Waals surface area contributed by atoms with Gasteiger partial charge < -0.3 is 5.11 Å². The Morgan fingerprint density at radius 3 is 1.88 bits per heavy atom. The summed E-state index contributed by atoms with van der Waals surface area (Å²) in [7, 11) is 0. The fourth-order valence-electron chi connectivity index (χ4n) is 2.13. The van der Waals surface area contributed by atoms with Crippen molar-refractivity contribution in [2.75, 3.05) is 19.7 Å². The third kappa shape index (κ3) is 9.61. The molecule has 0 aliphatic rings. The van der Waals surface area contributed by atoms with Gasteiger partial charge in [-0.05, 0) is 40.2 Å². The molecule has 0 aromatic carbocycles. The molecule has 0 atom stereocenters. The van der Waals surface area contributed by atoms with Gasteiger partial charge >= 0.3 is 0 Å². The molecule has 104 valence electrons. The Morgan fingerprint density at radius 1 is 0.824 bits per heavy atom. The van der Waals surface area contributed by atoms with Crippen LogP contribution < -0.4 is 0 Å². The van der Waals surface area contributed by atoms with E-state index in [1.807, 2.05) is 0 Å². The van der Waals surface area contributed by atoms with Crippen LogP contribution in [-0.2, 0) is 0 Å². The van der Waals surface area contributed by atoms with E-state index in [-0.39, 0.29) is 5.54 Å². The van der Waals surface area contributed by atoms with Gasteiger partial charge in [0.1, 0.15) is 0 Å². The van der Waals surface area contributed by atoms with Crippen LogP contribution in [0, 0.1) is 0 Å². The highest BCUT2D eigenvalue weighted by atomic mass is 16.3. The van der Waals surface area contributed by atoms with Crippen LogP contribution in [0.3, 0.4) is 0 Å². The molecule has 0 bridgehead atoms. The summed E-state index contributed by atoms with van der Waals surface area (Å²) in [6.07, 6.45) is 9.03. The second-order valence-electron chi connectivity index (χ2n) is 6.00. The lowest BCUT2D eigenvalue weighted by Crippen LogP contribution is -2.42. The van der Waals surface area contributed by atoms with Crippen LogP contribution in [-0.4, -0.2) is 35.2 Å². The molecule has 0 heterocycles. The van der Waals surface area contributed by atoms with Crippen molar-refractivity contribution in [1.82, 2.24) is 4.90 Å². The zero-order valence-corrected chi connectivity index (χ0v) is 12.5. The lowest BCUT2D eigenvalue weighted by Gasteiger charge is -2.35. The Balaban J connectivity index is 3.69. The summed E-state index contributed by atoms with van der Waals surface area (Å²) in [6, 6.07) is 0. The molecule has 0 amide bonds. The molecule has 0 saturated heterocycles. The number of rotatable bonds is 10. The summed E-state index contributed by atoms with van der Waals surface area (Å²) in [5.41, 5.74) is 0.235. The van der Waals surface area contributed by atoms with E-state index in [4.69, 9.17) is 5.11 Å². The smallest absolute Gasteiger partial charge is 0.0443 e. The van der Waals surface area contributed by atoms with Crippen molar-refractivity contribution < 1.29 is 5.11 Å². The topological polar surface area (TPSA) is 23.5 Å². The van der Waals surface area contributed by atoms with E-state index in [1.165, 1.54) is 45.1 Å². The van der Waals surface area contributed by atoms with Gasteiger partial charge in [0.25, 0.3) is 0 Å². The standard InChI is InChI=1S/C15H33NO/c1-5-6-7-8-9-10-12-16(13-11-14-17)15(2,3)4/h17H,5-14H2,1-4H3. The zero-order chi connectivity index (χ0) is 13.1. The second-order valence-corrected chi connectivity index (χ2v) is 6.00. The number of nitrogens with zero attached hydrogens (tertiary/aromatic N) is 1. The average molecular weight is 243 g/mol. The average Bonchev–Trinajstić information content (AvgIpc) is 2.25. The maximum Gasteiger partial charge on any atom is 0.0443 e. The lowest BCUT2D eigenvalue weighted by atomic mass is 10.0. The van der Waals surface area contributed by atoms with Crippen LogP contribution >= 0.6 is 0 Å². The van der Waals surface area contributed by atoms with Crippen molar-refractivity contribution in [3.63, 3.8) is 0 Å². The Kier molecular flexibility index (Phi) is 9.85. The van der Waals surface area contributed by atoms with Crippen LogP contribution in [0.1, 0.15) is 72.6 Å². The molecule has 2 nitrogen and oxygen atoms in total. The molecule has 2 heteroatoms. The van der Waals surface area contributed by atoms with Gasteiger partial charge in [0.05, 0.1) is 0 Å². The molecule has 17 heavy (non-hydrogen) atoms. The summed E-state index contributed by atoms with van der Waals surface area (Å²) in [5, 5.41) is 8.92. The van der Waals surface area contributed by atoms with Crippen molar-refractivity contribution in [2.45, 2.75) is 78.2 Å². The van der Waals surface area contributed by atoms with Gasteiger partial charge in [-0.25, -0.2) is 0 Å². The van der Waals surface area contributed by atoms with Crippen LogP contribution in [0.2, 0.25) is 0 Å². The van der Waals surface area contributed by atoms with Gasteiger partial charge in [-0.3, -0.25) is 4.90 Å². The number of hydrogen-bond acceptors (Lipinski definition) is 2. The van der Waals surface area contributed by atoms with E-state index in [0.29, 0.717) is 6.61 Å². The van der Waals surface area contributed by atoms with Crippen LogP contribution in [0.4, 0.5) is 0 Å². The van der Waals surface area contributed by atoms with E-state index in [9.17, 15) is 0 Å². The molecule has 0 rings (SSSR count). The van der Waals surface area contributed by atoms with E-state index in [2.05, 4.69) is 32.6 Å². The van der Waals surface area contributed by atoms with E-state index < -0.39 is 0 Å². The molecule has 0 aliphatic carbocycles. The highest BCUT2D eigenvalue weighted by molar-refractivity contribution is 4.75. The molecule has 0 spiro atoms. The minimum absolute atomic E-state index is 0.235. The first-order valence-corrected chi connectivity index (χ1v) is 7.38. The molecule has 1 N–H and O–H groups in total. The van der Waals surface area contributed by atoms with Gasteiger partial charge in [0.15, 0.2) is 0 Å². The summed E-state index contributed by atoms with van der Waals surface area (Å²) in [6.45, 7) is 11.6. The molecular formula is C15H33NO. The maximum atomic E-state index is 8.92. The molecule has 0 aromatic heterocycles. The first-order valence-electron chi connectivity index (χ1n) is 7.38. The van der Waals surface area contributed by atoms with E-state index in [0.717, 1.165) is 13.0 Å². The normalized spacial score (nSPS) is 12.4. The monoisotopic (exact) mass is 243 g/mol. The minimum atomic E-state index is 0.235. The summed E-state index contributed by atoms with van der Waals surface area (Å²) < 4.78 is 0. The Labute approximate surface area is 108 Å². The third-order valence-corrected chi connectivity index (χ3v) is 3.32. The predicted molar refractivity (Wildman–Crippen MR) is 76.4 cm³/mol. The largest absolute Gasteiger partial charge is 0.396 e. The van der Waals surface area contributed by atoms with Gasteiger partial charge in [-0.15, -0.1) is 0 Å². The summed E-state index contributed by atoms with van der Waals surface area (Å²) in [5.74, 6) is 0. The molecule has 0 fully saturated rings. The maximum absolute atomic E-state index is 8.92. The van der Waals surface area contributed by atoms with Crippen molar-refractivity contribution in [1.29, 1.82) is 0 Å². The highest BCUT2D eigenvalue weighted by Gasteiger charge is 2.19. The lowest BCUT2D eigenvalue weighted by molar-refractivity contribution is 0.121. The van der Waals surface area contributed by atoms with Crippen molar-refractivity contribution in [3.05, 3.63) is 0 Å². The molecule has 0 aliphatic heterocycles. The number of unbranched alkanes of at least 4 members (excludes halogenated alkanes) is 5. The fourth-order valence-corrected chi connectivity index (χ4v) is 2.13. The Morgan fingerprint density at radius 2 is 1.35 bits per heavy atom.